The number of likely N-dealkylation sites (N-methyl/N-ethyl adjacent to an activating group) is 1. The normalized spacial score (nSPS) is 30.8. The van der Waals surface area contributed by atoms with Crippen LogP contribution in [0, 0.1) is 5.41 Å². The number of fused-ring (bicyclic) bond motifs is 1. The van der Waals surface area contributed by atoms with Crippen LogP contribution in [0.1, 0.15) is 45.2 Å². The number of rotatable bonds is 6. The lowest BCUT2D eigenvalue weighted by molar-refractivity contribution is -0.154. The molecule has 1 amide bonds. The number of nitrogens with zero attached hydrogens (tertiary/aromatic N) is 3. The number of ether oxygens (including phenoxy) is 2. The van der Waals surface area contributed by atoms with Crippen molar-refractivity contribution >= 4 is 12.1 Å². The first-order chi connectivity index (χ1) is 14.3. The summed E-state index contributed by atoms with van der Waals surface area (Å²) in [5.41, 5.74) is -2.06. The first kappa shape index (κ1) is 19.2. The summed E-state index contributed by atoms with van der Waals surface area (Å²) in [4.78, 5) is 25.5. The Morgan fingerprint density at radius 2 is 1.97 bits per heavy atom. The molecule has 0 unspecified atom stereocenters. The van der Waals surface area contributed by atoms with Crippen LogP contribution >= 0.6 is 0 Å². The van der Waals surface area contributed by atoms with Gasteiger partial charge in [0.1, 0.15) is 18.2 Å². The van der Waals surface area contributed by atoms with Gasteiger partial charge in [0.25, 0.3) is 5.92 Å². The van der Waals surface area contributed by atoms with Gasteiger partial charge in [-0.05, 0) is 41.0 Å². The Hall–Kier alpha value is -1.74. The van der Waals surface area contributed by atoms with E-state index in [1.54, 1.807) is 34.6 Å². The van der Waals surface area contributed by atoms with Crippen LogP contribution in [0.15, 0.2) is 12.7 Å². The standard InChI is InChI=1S/C20H33F2N3O4/c1-8-11-28-16(26)19(5,6)9-10-25-15-14(12-23(25)7)24(13-20(15,21)22)17(27)29-18(2,3)4/h8,14-15H,1,9-13H2,2-7H3/t14-,15+/m0/s1/i12D2,14D. The number of amides is 1. The molecule has 0 radical (unpaired) electrons. The van der Waals surface area contributed by atoms with Crippen molar-refractivity contribution in [1.82, 2.24) is 14.9 Å². The Labute approximate surface area is 175 Å². The molecule has 0 bridgehead atoms. The third-order valence-corrected chi connectivity index (χ3v) is 4.74. The van der Waals surface area contributed by atoms with Crippen LogP contribution in [0.25, 0.3) is 0 Å². The average Bonchev–Trinajstić information content (AvgIpc) is 2.94. The smallest absolute Gasteiger partial charge is 0.410 e. The Morgan fingerprint density at radius 1 is 1.34 bits per heavy atom. The molecule has 29 heavy (non-hydrogen) atoms. The second-order valence-electron chi connectivity index (χ2n) is 8.93. The summed E-state index contributed by atoms with van der Waals surface area (Å²) in [6.45, 7) is 7.39. The molecule has 0 aromatic carbocycles. The Kier molecular flexibility index (Phi) is 5.43. The second-order valence-corrected chi connectivity index (χ2v) is 8.93. The number of hydrazine groups is 1. The average molecular weight is 421 g/mol. The predicted molar refractivity (Wildman–Crippen MR) is 104 cm³/mol. The molecule has 2 aliphatic heterocycles. The Morgan fingerprint density at radius 3 is 2.52 bits per heavy atom. The lowest BCUT2D eigenvalue weighted by Gasteiger charge is -2.34. The molecule has 0 spiro atoms. The highest BCUT2D eigenvalue weighted by Crippen LogP contribution is 2.42. The van der Waals surface area contributed by atoms with E-state index in [1.807, 2.05) is 0 Å². The highest BCUT2D eigenvalue weighted by molar-refractivity contribution is 5.76. The maximum atomic E-state index is 15.2. The van der Waals surface area contributed by atoms with Crippen molar-refractivity contribution in [1.29, 1.82) is 0 Å². The van der Waals surface area contributed by atoms with Crippen molar-refractivity contribution in [2.45, 2.75) is 64.6 Å². The second kappa shape index (κ2) is 8.18. The minimum absolute atomic E-state index is 0.00973. The highest BCUT2D eigenvalue weighted by atomic mass is 19.3. The molecule has 9 heteroatoms. The lowest BCUT2D eigenvalue weighted by atomic mass is 9.89. The topological polar surface area (TPSA) is 62.3 Å². The molecule has 2 heterocycles. The maximum Gasteiger partial charge on any atom is 0.410 e. The zero-order valence-corrected chi connectivity index (χ0v) is 17.9. The largest absolute Gasteiger partial charge is 0.461 e. The van der Waals surface area contributed by atoms with Gasteiger partial charge in [0.15, 0.2) is 0 Å². The van der Waals surface area contributed by atoms with E-state index < -0.39 is 54.1 Å². The molecule has 2 atom stereocenters. The van der Waals surface area contributed by atoms with E-state index in [4.69, 9.17) is 13.6 Å². The minimum atomic E-state index is -3.59. The summed E-state index contributed by atoms with van der Waals surface area (Å²) in [6, 6.07) is -4.61. The van der Waals surface area contributed by atoms with Crippen LogP contribution in [0.2, 0.25) is 0 Å². The fourth-order valence-electron chi connectivity index (χ4n) is 3.20. The third-order valence-electron chi connectivity index (χ3n) is 4.74. The fraction of sp³-hybridized carbons (Fsp3) is 0.800. The summed E-state index contributed by atoms with van der Waals surface area (Å²) >= 11 is 0. The molecule has 166 valence electrons. The summed E-state index contributed by atoms with van der Waals surface area (Å²) in [6.07, 6.45) is 0.288. The van der Waals surface area contributed by atoms with Crippen LogP contribution in [-0.2, 0) is 14.3 Å². The molecule has 0 N–H and O–H groups in total. The van der Waals surface area contributed by atoms with E-state index in [0.717, 1.165) is 10.0 Å². The molecule has 0 aromatic rings. The van der Waals surface area contributed by atoms with E-state index in [2.05, 4.69) is 6.58 Å². The lowest BCUT2D eigenvalue weighted by Crippen LogP contribution is -2.50. The predicted octanol–water partition coefficient (Wildman–Crippen LogP) is 2.92. The van der Waals surface area contributed by atoms with Gasteiger partial charge in [0.05, 0.1) is 19.3 Å². The van der Waals surface area contributed by atoms with Crippen LogP contribution < -0.4 is 0 Å². The number of carbonyl (C=O) groups excluding carboxylic acids is 2. The molecule has 7 nitrogen and oxygen atoms in total. The van der Waals surface area contributed by atoms with Gasteiger partial charge in [-0.3, -0.25) is 9.69 Å². The number of likely N-dealkylation sites (tertiary alicyclic amines) is 1. The number of esters is 1. The highest BCUT2D eigenvalue weighted by Gasteiger charge is 2.63. The SMILES string of the molecule is [2H]C1([2H])N(C)N(CCC(C)(C)C(=O)OCC=C)[C@H]2C(F)(F)CN(C(=O)OC(C)(C)C)[C@]21[2H]. The van der Waals surface area contributed by atoms with Gasteiger partial charge in [-0.2, -0.15) is 0 Å². The van der Waals surface area contributed by atoms with Gasteiger partial charge in [-0.15, -0.1) is 0 Å². The molecule has 0 aromatic heterocycles. The van der Waals surface area contributed by atoms with Gasteiger partial charge in [-0.1, -0.05) is 12.7 Å². The van der Waals surface area contributed by atoms with Gasteiger partial charge in [-0.25, -0.2) is 23.6 Å². The summed E-state index contributed by atoms with van der Waals surface area (Å²) < 4.78 is 66.4. The van der Waals surface area contributed by atoms with Crippen molar-refractivity contribution in [2.24, 2.45) is 5.41 Å². The quantitative estimate of drug-likeness (QED) is 0.486. The number of hydrogen-bond donors (Lipinski definition) is 0. The summed E-state index contributed by atoms with van der Waals surface area (Å²) in [5, 5.41) is 1.96. The zero-order valence-electron chi connectivity index (χ0n) is 20.9. The summed E-state index contributed by atoms with van der Waals surface area (Å²) in [7, 11) is 1.25. The first-order valence-electron chi connectivity index (χ1n) is 11.0. The number of hydrogen-bond acceptors (Lipinski definition) is 6. The van der Waals surface area contributed by atoms with Gasteiger partial charge < -0.3 is 9.47 Å². The van der Waals surface area contributed by atoms with Crippen molar-refractivity contribution in [3.63, 3.8) is 0 Å². The molecule has 0 saturated carbocycles. The number of carbonyl (C=O) groups is 2. The van der Waals surface area contributed by atoms with Gasteiger partial charge >= 0.3 is 12.1 Å². The van der Waals surface area contributed by atoms with Crippen LogP contribution in [0.3, 0.4) is 0 Å². The molecule has 0 aliphatic carbocycles. The Bertz CT molecular complexity index is 776. The molecule has 2 fully saturated rings. The van der Waals surface area contributed by atoms with Crippen LogP contribution in [0.4, 0.5) is 13.6 Å². The summed E-state index contributed by atoms with van der Waals surface area (Å²) in [5.74, 6) is -4.14. The molecule has 2 saturated heterocycles. The molecular weight excluding hydrogens is 384 g/mol. The van der Waals surface area contributed by atoms with Gasteiger partial charge in [0.2, 0.25) is 0 Å². The first-order valence-corrected chi connectivity index (χ1v) is 9.50. The van der Waals surface area contributed by atoms with E-state index in [9.17, 15) is 9.59 Å². The van der Waals surface area contributed by atoms with E-state index >= 15 is 8.78 Å². The van der Waals surface area contributed by atoms with Crippen molar-refractivity contribution in [3.8, 4) is 0 Å². The zero-order chi connectivity index (χ0) is 24.9. The third kappa shape index (κ3) is 5.25. The fourth-order valence-corrected chi connectivity index (χ4v) is 3.20. The van der Waals surface area contributed by atoms with Crippen molar-refractivity contribution < 1.29 is 32.0 Å². The van der Waals surface area contributed by atoms with Crippen molar-refractivity contribution in [3.05, 3.63) is 12.7 Å². The molecule has 2 rings (SSSR count). The van der Waals surface area contributed by atoms with Gasteiger partial charge in [0, 0.05) is 22.8 Å². The Balaban J connectivity index is 2.36. The van der Waals surface area contributed by atoms with E-state index in [0.29, 0.717) is 4.90 Å². The number of alkyl halides is 2. The van der Waals surface area contributed by atoms with Crippen molar-refractivity contribution in [2.75, 3.05) is 33.2 Å². The number of halogens is 2. The molecule has 2 aliphatic rings. The van der Waals surface area contributed by atoms with E-state index in [1.165, 1.54) is 13.1 Å². The van der Waals surface area contributed by atoms with Crippen LogP contribution in [0.5, 0.6) is 0 Å². The minimum Gasteiger partial charge on any atom is -0.461 e. The molecular formula is C20H33F2N3O4. The van der Waals surface area contributed by atoms with E-state index in [-0.39, 0.29) is 19.6 Å². The monoisotopic (exact) mass is 420 g/mol. The van der Waals surface area contributed by atoms with Crippen LogP contribution in [-0.4, -0.2) is 83.8 Å². The maximum absolute atomic E-state index is 15.2.